The van der Waals surface area contributed by atoms with Gasteiger partial charge in [0.1, 0.15) is 24.1 Å². The van der Waals surface area contributed by atoms with Crippen molar-refractivity contribution in [2.45, 2.75) is 12.3 Å². The van der Waals surface area contributed by atoms with Gasteiger partial charge in [0, 0.05) is 17.8 Å². The van der Waals surface area contributed by atoms with Gasteiger partial charge in [0.2, 0.25) is 0 Å². The van der Waals surface area contributed by atoms with Gasteiger partial charge < -0.3 is 33.7 Å². The molecule has 3 rings (SSSR count). The van der Waals surface area contributed by atoms with Crippen molar-refractivity contribution >= 4 is 22.7 Å². The minimum absolute atomic E-state index is 0.0128. The molecule has 0 spiro atoms. The second kappa shape index (κ2) is 15.3. The van der Waals surface area contributed by atoms with Crippen LogP contribution in [0, 0.1) is 20.2 Å². The van der Waals surface area contributed by atoms with Gasteiger partial charge in [-0.2, -0.15) is 13.2 Å². The number of ether oxygens (including phenoxy) is 6. The van der Waals surface area contributed by atoms with Gasteiger partial charge in [-0.15, -0.1) is 0 Å². The van der Waals surface area contributed by atoms with Gasteiger partial charge in [-0.1, -0.05) is 6.07 Å². The summed E-state index contributed by atoms with van der Waals surface area (Å²) in [5, 5.41) is 24.9. The van der Waals surface area contributed by atoms with E-state index in [4.69, 9.17) is 28.4 Å². The van der Waals surface area contributed by atoms with Crippen LogP contribution in [0.3, 0.4) is 0 Å². The molecular formula is C24H28F3N3O10. The minimum Gasteiger partial charge on any atom is -0.491 e. The molecule has 1 saturated heterocycles. The van der Waals surface area contributed by atoms with E-state index in [0.717, 1.165) is 0 Å². The summed E-state index contributed by atoms with van der Waals surface area (Å²) in [5.41, 5.74) is -4.64. The van der Waals surface area contributed by atoms with Crippen LogP contribution >= 0.6 is 0 Å². The summed E-state index contributed by atoms with van der Waals surface area (Å²) in [6.45, 7) is 3.09. The fourth-order valence-electron chi connectivity index (χ4n) is 3.51. The Labute approximate surface area is 226 Å². The molecule has 1 fully saturated rings. The standard InChI is InChI=1S/C24H28F3N3O10/c25-24(26,27)21-13-18(29(31)32)14-22(30(33)34)23(21)28-17-2-1-3-19(12-17)40-16-20-15-38-9-8-36-5-4-35-6-7-37-10-11-39-20/h1-3,12-14,20,28H,4-11,15-16H2. The van der Waals surface area contributed by atoms with Crippen LogP contribution < -0.4 is 10.1 Å². The van der Waals surface area contributed by atoms with E-state index in [-0.39, 0.29) is 37.3 Å². The molecule has 1 unspecified atom stereocenters. The molecular weight excluding hydrogens is 547 g/mol. The van der Waals surface area contributed by atoms with Crippen LogP contribution in [0.1, 0.15) is 5.56 Å². The SMILES string of the molecule is O=[N+]([O-])c1cc([N+](=O)[O-])c(Nc2cccc(OCC3COCCOCCOCCOCCO3)c2)c(C(F)(F)F)c1. The zero-order valence-corrected chi connectivity index (χ0v) is 21.2. The van der Waals surface area contributed by atoms with E-state index < -0.39 is 44.8 Å². The van der Waals surface area contributed by atoms with Crippen molar-refractivity contribution in [1.29, 1.82) is 0 Å². The third-order valence-electron chi connectivity index (χ3n) is 5.36. The van der Waals surface area contributed by atoms with Crippen molar-refractivity contribution in [2.24, 2.45) is 0 Å². The van der Waals surface area contributed by atoms with Crippen LogP contribution in [-0.2, 0) is 29.9 Å². The molecule has 1 heterocycles. The summed E-state index contributed by atoms with van der Waals surface area (Å²) in [4.78, 5) is 20.3. The third-order valence-corrected chi connectivity index (χ3v) is 5.36. The quantitative estimate of drug-likeness (QED) is 0.375. The summed E-state index contributed by atoms with van der Waals surface area (Å²) in [6, 6.07) is 6.39. The maximum Gasteiger partial charge on any atom is 0.418 e. The van der Waals surface area contributed by atoms with Gasteiger partial charge in [0.05, 0.1) is 80.9 Å². The number of benzene rings is 2. The second-order valence-corrected chi connectivity index (χ2v) is 8.27. The van der Waals surface area contributed by atoms with Crippen molar-refractivity contribution in [3.8, 4) is 5.75 Å². The van der Waals surface area contributed by atoms with Crippen molar-refractivity contribution < 1.29 is 51.4 Å². The van der Waals surface area contributed by atoms with E-state index in [0.29, 0.717) is 52.3 Å². The first-order valence-electron chi connectivity index (χ1n) is 12.1. The Kier molecular flexibility index (Phi) is 11.8. The number of rotatable bonds is 7. The fourth-order valence-corrected chi connectivity index (χ4v) is 3.51. The number of anilines is 2. The van der Waals surface area contributed by atoms with Gasteiger partial charge in [-0.25, -0.2) is 0 Å². The molecule has 0 saturated carbocycles. The topological polar surface area (TPSA) is 154 Å². The molecule has 1 N–H and O–H groups in total. The second-order valence-electron chi connectivity index (χ2n) is 8.27. The summed E-state index contributed by atoms with van der Waals surface area (Å²) in [5.74, 6) is 0.222. The number of nitrogens with one attached hydrogen (secondary N) is 1. The van der Waals surface area contributed by atoms with Crippen LogP contribution in [0.25, 0.3) is 0 Å². The van der Waals surface area contributed by atoms with E-state index in [1.807, 2.05) is 0 Å². The van der Waals surface area contributed by atoms with Gasteiger partial charge in [0.15, 0.2) is 0 Å². The largest absolute Gasteiger partial charge is 0.491 e. The molecule has 1 aliphatic heterocycles. The molecule has 220 valence electrons. The molecule has 0 amide bonds. The van der Waals surface area contributed by atoms with E-state index in [1.54, 1.807) is 0 Å². The van der Waals surface area contributed by atoms with Crippen molar-refractivity contribution in [2.75, 3.05) is 71.4 Å². The maximum absolute atomic E-state index is 13.7. The van der Waals surface area contributed by atoms with Gasteiger partial charge in [0.25, 0.3) is 11.4 Å². The molecule has 13 nitrogen and oxygen atoms in total. The van der Waals surface area contributed by atoms with Crippen LogP contribution in [0.15, 0.2) is 36.4 Å². The zero-order valence-electron chi connectivity index (χ0n) is 21.2. The Bertz CT molecular complexity index is 1120. The molecule has 1 atom stereocenters. The highest BCUT2D eigenvalue weighted by Crippen LogP contribution is 2.43. The van der Waals surface area contributed by atoms with E-state index in [1.165, 1.54) is 24.3 Å². The predicted octanol–water partition coefficient (Wildman–Crippen LogP) is 4.11. The smallest absolute Gasteiger partial charge is 0.418 e. The lowest BCUT2D eigenvalue weighted by atomic mass is 10.1. The van der Waals surface area contributed by atoms with Crippen molar-refractivity contribution in [1.82, 2.24) is 0 Å². The molecule has 0 aliphatic carbocycles. The third kappa shape index (κ3) is 9.87. The normalized spacial score (nSPS) is 18.2. The fraction of sp³-hybridized carbons (Fsp3) is 0.500. The van der Waals surface area contributed by atoms with Crippen molar-refractivity contribution in [3.63, 3.8) is 0 Å². The lowest BCUT2D eigenvalue weighted by Gasteiger charge is -2.19. The number of halogens is 3. The first-order valence-corrected chi connectivity index (χ1v) is 12.1. The molecule has 2 aromatic rings. The Balaban J connectivity index is 1.72. The van der Waals surface area contributed by atoms with Crippen LogP contribution in [0.5, 0.6) is 5.75 Å². The number of nitro benzene ring substituents is 2. The summed E-state index contributed by atoms with van der Waals surface area (Å²) in [6.07, 6.45) is -5.63. The Morgan fingerprint density at radius 1 is 0.875 bits per heavy atom. The molecule has 0 aromatic heterocycles. The molecule has 0 bridgehead atoms. The number of nitrogens with zero attached hydrogens (tertiary/aromatic N) is 2. The lowest BCUT2D eigenvalue weighted by molar-refractivity contribution is -0.394. The average Bonchev–Trinajstić information content (AvgIpc) is 2.91. The van der Waals surface area contributed by atoms with Crippen LogP contribution in [-0.4, -0.2) is 82.0 Å². The van der Waals surface area contributed by atoms with Gasteiger partial charge in [-0.05, 0) is 12.1 Å². The molecule has 16 heteroatoms. The maximum atomic E-state index is 13.7. The molecule has 0 radical (unpaired) electrons. The van der Waals surface area contributed by atoms with Gasteiger partial charge >= 0.3 is 6.18 Å². The molecule has 1 aliphatic rings. The first-order chi connectivity index (χ1) is 19.1. The Morgan fingerprint density at radius 3 is 2.10 bits per heavy atom. The number of alkyl halides is 3. The van der Waals surface area contributed by atoms with E-state index >= 15 is 0 Å². The Hall–Kier alpha value is -3.57. The summed E-state index contributed by atoms with van der Waals surface area (Å²) < 4.78 is 74.4. The van der Waals surface area contributed by atoms with Crippen molar-refractivity contribution in [3.05, 3.63) is 62.2 Å². The lowest BCUT2D eigenvalue weighted by Crippen LogP contribution is -2.29. The minimum atomic E-state index is -5.11. The Morgan fingerprint density at radius 2 is 1.50 bits per heavy atom. The molecule has 40 heavy (non-hydrogen) atoms. The van der Waals surface area contributed by atoms with E-state index in [2.05, 4.69) is 5.32 Å². The number of non-ortho nitro benzene ring substituents is 1. The zero-order chi connectivity index (χ0) is 29.0. The first kappa shape index (κ1) is 31.0. The summed E-state index contributed by atoms with van der Waals surface area (Å²) in [7, 11) is 0. The molecule has 2 aromatic carbocycles. The van der Waals surface area contributed by atoms with Crippen LogP contribution in [0.2, 0.25) is 0 Å². The van der Waals surface area contributed by atoms with Gasteiger partial charge in [-0.3, -0.25) is 20.2 Å². The number of hydrogen-bond donors (Lipinski definition) is 1. The predicted molar refractivity (Wildman–Crippen MR) is 133 cm³/mol. The highest BCUT2D eigenvalue weighted by Gasteiger charge is 2.39. The highest BCUT2D eigenvalue weighted by molar-refractivity contribution is 5.76. The number of hydrogen-bond acceptors (Lipinski definition) is 11. The highest BCUT2D eigenvalue weighted by atomic mass is 19.4. The van der Waals surface area contributed by atoms with E-state index in [9.17, 15) is 33.4 Å². The average molecular weight is 575 g/mol. The monoisotopic (exact) mass is 575 g/mol. The number of nitro groups is 2. The summed E-state index contributed by atoms with van der Waals surface area (Å²) >= 11 is 0. The van der Waals surface area contributed by atoms with Crippen LogP contribution in [0.4, 0.5) is 35.9 Å².